The number of benzene rings is 2. The number of nitrogens with one attached hydrogen (secondary N) is 1. The molecule has 0 saturated carbocycles. The van der Waals surface area contributed by atoms with Gasteiger partial charge in [0.15, 0.2) is 0 Å². The molecule has 1 heterocycles. The van der Waals surface area contributed by atoms with Crippen molar-refractivity contribution in [3.63, 3.8) is 0 Å². The van der Waals surface area contributed by atoms with Crippen molar-refractivity contribution in [2.75, 3.05) is 30.4 Å². The average molecular weight is 310 g/mol. The third kappa shape index (κ3) is 3.71. The molecule has 1 fully saturated rings. The Balaban J connectivity index is 1.79. The third-order valence-corrected chi connectivity index (χ3v) is 4.10. The summed E-state index contributed by atoms with van der Waals surface area (Å²) in [6.07, 6.45) is 2.42. The van der Waals surface area contributed by atoms with Crippen LogP contribution >= 0.6 is 0 Å². The van der Waals surface area contributed by atoms with Gasteiger partial charge < -0.3 is 15.0 Å². The number of para-hydroxylation sites is 2. The van der Waals surface area contributed by atoms with Crippen molar-refractivity contribution in [2.45, 2.75) is 19.4 Å². The zero-order valence-electron chi connectivity index (χ0n) is 13.4. The Bertz CT molecular complexity index is 679. The summed E-state index contributed by atoms with van der Waals surface area (Å²) in [6, 6.07) is 15.5. The first-order valence-electron chi connectivity index (χ1n) is 8.01. The Labute approximate surface area is 137 Å². The van der Waals surface area contributed by atoms with E-state index in [9.17, 15) is 4.79 Å². The molecular weight excluding hydrogens is 288 g/mol. The summed E-state index contributed by atoms with van der Waals surface area (Å²) >= 11 is 0. The highest BCUT2D eigenvalue weighted by Crippen LogP contribution is 2.29. The quantitative estimate of drug-likeness (QED) is 0.916. The summed E-state index contributed by atoms with van der Waals surface area (Å²) in [7, 11) is 1.65. The molecule has 1 aliphatic heterocycles. The highest BCUT2D eigenvalue weighted by molar-refractivity contribution is 6.06. The van der Waals surface area contributed by atoms with Crippen molar-refractivity contribution in [3.8, 4) is 0 Å². The van der Waals surface area contributed by atoms with E-state index in [0.29, 0.717) is 12.2 Å². The van der Waals surface area contributed by atoms with Crippen LogP contribution in [-0.2, 0) is 11.3 Å². The minimum atomic E-state index is -0.0883. The summed E-state index contributed by atoms with van der Waals surface area (Å²) in [5.41, 5.74) is 3.62. The van der Waals surface area contributed by atoms with E-state index in [1.54, 1.807) is 7.11 Å². The van der Waals surface area contributed by atoms with E-state index in [4.69, 9.17) is 4.74 Å². The summed E-state index contributed by atoms with van der Waals surface area (Å²) < 4.78 is 5.13. The molecule has 1 amide bonds. The molecule has 0 spiro atoms. The summed E-state index contributed by atoms with van der Waals surface area (Å²) in [4.78, 5) is 14.9. The Morgan fingerprint density at radius 2 is 1.91 bits per heavy atom. The lowest BCUT2D eigenvalue weighted by molar-refractivity contribution is 0.102. The van der Waals surface area contributed by atoms with Gasteiger partial charge in [-0.15, -0.1) is 0 Å². The molecule has 120 valence electrons. The molecule has 1 aliphatic rings. The first-order chi connectivity index (χ1) is 11.3. The average Bonchev–Trinajstić information content (AvgIpc) is 3.10. The molecule has 4 heteroatoms. The van der Waals surface area contributed by atoms with Crippen molar-refractivity contribution in [2.24, 2.45) is 0 Å². The van der Waals surface area contributed by atoms with Gasteiger partial charge in [-0.05, 0) is 42.7 Å². The summed E-state index contributed by atoms with van der Waals surface area (Å²) in [5, 5.41) is 3.05. The monoisotopic (exact) mass is 310 g/mol. The van der Waals surface area contributed by atoms with E-state index < -0.39 is 0 Å². The van der Waals surface area contributed by atoms with Gasteiger partial charge in [-0.1, -0.05) is 24.3 Å². The number of ether oxygens (including phenoxy) is 1. The number of methoxy groups -OCH3 is 1. The van der Waals surface area contributed by atoms with Crippen molar-refractivity contribution in [1.82, 2.24) is 0 Å². The van der Waals surface area contributed by atoms with Gasteiger partial charge in [-0.3, -0.25) is 4.79 Å². The molecule has 2 aromatic carbocycles. The molecule has 3 rings (SSSR count). The number of rotatable bonds is 5. The zero-order valence-corrected chi connectivity index (χ0v) is 13.4. The van der Waals surface area contributed by atoms with Crippen LogP contribution in [0, 0.1) is 0 Å². The van der Waals surface area contributed by atoms with Crippen molar-refractivity contribution in [3.05, 3.63) is 59.7 Å². The van der Waals surface area contributed by atoms with Gasteiger partial charge in [0.25, 0.3) is 5.91 Å². The first kappa shape index (κ1) is 15.6. The fourth-order valence-electron chi connectivity index (χ4n) is 2.98. The highest BCUT2D eigenvalue weighted by Gasteiger charge is 2.17. The molecule has 0 atom stereocenters. The summed E-state index contributed by atoms with van der Waals surface area (Å²) in [5.74, 6) is -0.0883. The van der Waals surface area contributed by atoms with Gasteiger partial charge in [-0.25, -0.2) is 0 Å². The Kier molecular flexibility index (Phi) is 4.93. The van der Waals surface area contributed by atoms with Gasteiger partial charge in [0, 0.05) is 25.8 Å². The molecule has 0 aromatic heterocycles. The lowest BCUT2D eigenvalue weighted by Gasteiger charge is -2.21. The minimum Gasteiger partial charge on any atom is -0.380 e. The maximum Gasteiger partial charge on any atom is 0.255 e. The van der Waals surface area contributed by atoms with Crippen LogP contribution in [0.2, 0.25) is 0 Å². The van der Waals surface area contributed by atoms with Crippen molar-refractivity contribution < 1.29 is 9.53 Å². The molecule has 0 aliphatic carbocycles. The van der Waals surface area contributed by atoms with E-state index in [2.05, 4.69) is 16.3 Å². The highest BCUT2D eigenvalue weighted by atomic mass is 16.5. The maximum atomic E-state index is 12.6. The normalized spacial score (nSPS) is 14.0. The third-order valence-electron chi connectivity index (χ3n) is 4.10. The largest absolute Gasteiger partial charge is 0.380 e. The topological polar surface area (TPSA) is 41.6 Å². The second-order valence-corrected chi connectivity index (χ2v) is 5.80. The van der Waals surface area contributed by atoms with Crippen LogP contribution in [0.25, 0.3) is 0 Å². The Morgan fingerprint density at radius 3 is 2.70 bits per heavy atom. The number of hydrogen-bond donors (Lipinski definition) is 1. The molecule has 0 bridgehead atoms. The minimum absolute atomic E-state index is 0.0883. The van der Waals surface area contributed by atoms with Crippen LogP contribution in [0.15, 0.2) is 48.5 Å². The van der Waals surface area contributed by atoms with E-state index in [1.807, 2.05) is 42.5 Å². The van der Waals surface area contributed by atoms with Crippen LogP contribution in [0.5, 0.6) is 0 Å². The predicted octanol–water partition coefficient (Wildman–Crippen LogP) is 3.69. The van der Waals surface area contributed by atoms with Crippen LogP contribution in [-0.4, -0.2) is 26.1 Å². The molecule has 0 radical (unpaired) electrons. The number of anilines is 2. The second kappa shape index (κ2) is 7.29. The molecule has 1 saturated heterocycles. The van der Waals surface area contributed by atoms with E-state index in [-0.39, 0.29) is 5.91 Å². The van der Waals surface area contributed by atoms with Crippen LogP contribution in [0.1, 0.15) is 28.8 Å². The van der Waals surface area contributed by atoms with Crippen LogP contribution in [0.3, 0.4) is 0 Å². The van der Waals surface area contributed by atoms with Gasteiger partial charge in [0.05, 0.1) is 18.0 Å². The zero-order chi connectivity index (χ0) is 16.1. The van der Waals surface area contributed by atoms with Crippen molar-refractivity contribution in [1.29, 1.82) is 0 Å². The fraction of sp³-hybridized carbons (Fsp3) is 0.316. The van der Waals surface area contributed by atoms with Gasteiger partial charge in [0.1, 0.15) is 0 Å². The smallest absolute Gasteiger partial charge is 0.255 e. The van der Waals surface area contributed by atoms with E-state index >= 15 is 0 Å². The Hall–Kier alpha value is -2.33. The van der Waals surface area contributed by atoms with Crippen molar-refractivity contribution >= 4 is 17.3 Å². The Morgan fingerprint density at radius 1 is 1.13 bits per heavy atom. The lowest BCUT2D eigenvalue weighted by atomic mass is 10.1. The number of carbonyl (C=O) groups is 1. The molecule has 2 aromatic rings. The number of amides is 1. The molecule has 4 nitrogen and oxygen atoms in total. The standard InChI is InChI=1S/C19H22N2O2/c1-23-14-15-7-6-8-16(13-15)19(22)20-17-9-2-3-10-18(17)21-11-4-5-12-21/h2-3,6-10,13H,4-5,11-12,14H2,1H3,(H,20,22). The maximum absolute atomic E-state index is 12.6. The van der Waals surface area contributed by atoms with Gasteiger partial charge in [-0.2, -0.15) is 0 Å². The van der Waals surface area contributed by atoms with E-state index in [0.717, 1.165) is 30.0 Å². The first-order valence-corrected chi connectivity index (χ1v) is 8.01. The number of carbonyl (C=O) groups excluding carboxylic acids is 1. The van der Waals surface area contributed by atoms with E-state index in [1.165, 1.54) is 12.8 Å². The predicted molar refractivity (Wildman–Crippen MR) is 93.0 cm³/mol. The molecule has 23 heavy (non-hydrogen) atoms. The molecule has 1 N–H and O–H groups in total. The lowest BCUT2D eigenvalue weighted by Crippen LogP contribution is -2.21. The summed E-state index contributed by atoms with van der Waals surface area (Å²) in [6.45, 7) is 2.61. The number of nitrogens with zero attached hydrogens (tertiary/aromatic N) is 1. The SMILES string of the molecule is COCc1cccc(C(=O)Nc2ccccc2N2CCCC2)c1. The second-order valence-electron chi connectivity index (χ2n) is 5.80. The van der Waals surface area contributed by atoms with Crippen LogP contribution < -0.4 is 10.2 Å². The molecule has 0 unspecified atom stereocenters. The van der Waals surface area contributed by atoms with Crippen LogP contribution in [0.4, 0.5) is 11.4 Å². The fourth-order valence-corrected chi connectivity index (χ4v) is 2.98. The molecular formula is C19H22N2O2. The number of hydrogen-bond acceptors (Lipinski definition) is 3. The van der Waals surface area contributed by atoms with Gasteiger partial charge in [0.2, 0.25) is 0 Å². The van der Waals surface area contributed by atoms with Gasteiger partial charge >= 0.3 is 0 Å².